The molecule has 6 nitrogen and oxygen atoms in total. The largest absolute Gasteiger partial charge is 0.337 e. The molecule has 8 heteroatoms. The van der Waals surface area contributed by atoms with Crippen molar-refractivity contribution in [1.82, 2.24) is 24.3 Å². The number of hydrogen-bond donors (Lipinski definition) is 0. The topological polar surface area (TPSA) is 54.3 Å². The van der Waals surface area contributed by atoms with E-state index in [1.165, 1.54) is 0 Å². The lowest BCUT2D eigenvalue weighted by Gasteiger charge is -2.49. The molecule has 2 aromatic rings. The van der Waals surface area contributed by atoms with E-state index < -0.39 is 11.3 Å². The molecule has 4 heterocycles. The Labute approximate surface area is 169 Å². The Kier molecular flexibility index (Phi) is 5.14. The molecule has 0 saturated carbocycles. The van der Waals surface area contributed by atoms with Crippen LogP contribution in [0.4, 0.5) is 8.78 Å². The highest BCUT2D eigenvalue weighted by molar-refractivity contribution is 5.84. The molecule has 2 saturated heterocycles. The molecule has 0 aromatic carbocycles. The minimum atomic E-state index is -2.89. The van der Waals surface area contributed by atoms with E-state index in [0.717, 1.165) is 23.5 Å². The molecule has 0 N–H and O–H groups in total. The molecule has 0 radical (unpaired) electrons. The summed E-state index contributed by atoms with van der Waals surface area (Å²) in [7, 11) is 1.85. The third-order valence-corrected chi connectivity index (χ3v) is 6.00. The van der Waals surface area contributed by atoms with E-state index in [4.69, 9.17) is 0 Å². The zero-order valence-corrected chi connectivity index (χ0v) is 16.9. The van der Waals surface area contributed by atoms with Gasteiger partial charge in [0.15, 0.2) is 0 Å². The van der Waals surface area contributed by atoms with Gasteiger partial charge in [0.1, 0.15) is 0 Å². The van der Waals surface area contributed by atoms with Crippen molar-refractivity contribution in [3.8, 4) is 0 Å². The molecular weight excluding hydrogens is 376 g/mol. The van der Waals surface area contributed by atoms with Crippen molar-refractivity contribution in [1.29, 1.82) is 0 Å². The van der Waals surface area contributed by atoms with Crippen LogP contribution in [0.5, 0.6) is 0 Å². The van der Waals surface area contributed by atoms with E-state index >= 15 is 0 Å². The molecule has 0 bridgehead atoms. The van der Waals surface area contributed by atoms with Crippen LogP contribution < -0.4 is 0 Å². The number of carbonyl (C=O) groups is 1. The van der Waals surface area contributed by atoms with Gasteiger partial charge in [-0.2, -0.15) is 0 Å². The summed E-state index contributed by atoms with van der Waals surface area (Å²) in [4.78, 5) is 25.4. The van der Waals surface area contributed by atoms with Gasteiger partial charge in [-0.25, -0.2) is 13.8 Å². The van der Waals surface area contributed by atoms with Crippen molar-refractivity contribution >= 4 is 5.91 Å². The Hall–Kier alpha value is -2.35. The van der Waals surface area contributed by atoms with Crippen molar-refractivity contribution < 1.29 is 13.6 Å². The first-order valence-electron chi connectivity index (χ1n) is 10.0. The second-order valence-electron chi connectivity index (χ2n) is 8.55. The highest BCUT2D eigenvalue weighted by Crippen LogP contribution is 2.45. The van der Waals surface area contributed by atoms with Gasteiger partial charge in [0.25, 0.3) is 5.92 Å². The smallest absolute Gasteiger partial charge is 0.261 e. The van der Waals surface area contributed by atoms with Crippen LogP contribution in [-0.2, 0) is 24.9 Å². The fraction of sp³-hybridized carbons (Fsp3) is 0.571. The highest BCUT2D eigenvalue weighted by atomic mass is 19.3. The van der Waals surface area contributed by atoms with Gasteiger partial charge in [-0.15, -0.1) is 0 Å². The molecular formula is C21H27F2N5O. The summed E-state index contributed by atoms with van der Waals surface area (Å²) in [5.74, 6) is -3.06. The summed E-state index contributed by atoms with van der Waals surface area (Å²) in [5, 5.41) is 0. The fourth-order valence-corrected chi connectivity index (χ4v) is 4.79. The molecule has 156 valence electrons. The number of hydrogen-bond acceptors (Lipinski definition) is 4. The Balaban J connectivity index is 1.55. The lowest BCUT2D eigenvalue weighted by atomic mass is 9.71. The number of amides is 1. The summed E-state index contributed by atoms with van der Waals surface area (Å²) in [6, 6.07) is 5.69. The quantitative estimate of drug-likeness (QED) is 0.788. The van der Waals surface area contributed by atoms with Gasteiger partial charge in [0.05, 0.1) is 36.2 Å². The SMILES string of the molecule is Cc1cccc(CN2CCCC3(CN(Cc4cncn4C)CC(F)(F)C3)C2=O)n1. The molecule has 2 fully saturated rings. The van der Waals surface area contributed by atoms with Gasteiger partial charge in [0, 0.05) is 45.0 Å². The number of aryl methyl sites for hydroxylation is 2. The number of alkyl halides is 2. The Morgan fingerprint density at radius 3 is 2.76 bits per heavy atom. The summed E-state index contributed by atoms with van der Waals surface area (Å²) >= 11 is 0. The molecule has 0 aliphatic carbocycles. The van der Waals surface area contributed by atoms with E-state index in [0.29, 0.717) is 32.6 Å². The van der Waals surface area contributed by atoms with Crippen LogP contribution in [0.15, 0.2) is 30.7 Å². The minimum Gasteiger partial charge on any atom is -0.337 e. The van der Waals surface area contributed by atoms with Gasteiger partial charge < -0.3 is 9.47 Å². The molecule has 2 aliphatic heterocycles. The second-order valence-corrected chi connectivity index (χ2v) is 8.55. The van der Waals surface area contributed by atoms with Crippen LogP contribution in [0.3, 0.4) is 0 Å². The van der Waals surface area contributed by atoms with Gasteiger partial charge in [-0.05, 0) is 31.9 Å². The number of carbonyl (C=O) groups excluding carboxylic acids is 1. The first-order chi connectivity index (χ1) is 13.8. The number of aromatic nitrogens is 3. The van der Waals surface area contributed by atoms with Gasteiger partial charge in [-0.1, -0.05) is 6.07 Å². The first-order valence-corrected chi connectivity index (χ1v) is 10.0. The van der Waals surface area contributed by atoms with Gasteiger partial charge >= 0.3 is 0 Å². The van der Waals surface area contributed by atoms with Crippen LogP contribution in [0.2, 0.25) is 0 Å². The predicted octanol–water partition coefficient (Wildman–Crippen LogP) is 2.77. The monoisotopic (exact) mass is 403 g/mol. The number of pyridine rings is 1. The molecule has 1 amide bonds. The first kappa shape index (κ1) is 19.9. The molecule has 1 atom stereocenters. The van der Waals surface area contributed by atoms with Gasteiger partial charge in [-0.3, -0.25) is 14.7 Å². The molecule has 2 aliphatic rings. The maximum Gasteiger partial charge on any atom is 0.261 e. The van der Waals surface area contributed by atoms with Crippen molar-refractivity contribution in [3.63, 3.8) is 0 Å². The van der Waals surface area contributed by atoms with Crippen molar-refractivity contribution in [3.05, 3.63) is 47.8 Å². The third-order valence-electron chi connectivity index (χ3n) is 6.00. The van der Waals surface area contributed by atoms with Crippen LogP contribution in [0, 0.1) is 12.3 Å². The number of likely N-dealkylation sites (tertiary alicyclic amines) is 2. The summed E-state index contributed by atoms with van der Waals surface area (Å²) in [6.07, 6.45) is 4.21. The second kappa shape index (κ2) is 7.48. The third kappa shape index (κ3) is 4.17. The Bertz CT molecular complexity index is 899. The summed E-state index contributed by atoms with van der Waals surface area (Å²) in [5.41, 5.74) is 1.50. The van der Waals surface area contributed by atoms with Crippen LogP contribution in [0.25, 0.3) is 0 Å². The highest BCUT2D eigenvalue weighted by Gasteiger charge is 2.55. The average molecular weight is 403 g/mol. The molecule has 1 unspecified atom stereocenters. The normalized spacial score (nSPS) is 25.0. The average Bonchev–Trinajstić information content (AvgIpc) is 3.02. The van der Waals surface area contributed by atoms with Crippen molar-refractivity contribution in [2.45, 2.75) is 45.2 Å². The predicted molar refractivity (Wildman–Crippen MR) is 104 cm³/mol. The van der Waals surface area contributed by atoms with Gasteiger partial charge in [0.2, 0.25) is 5.91 Å². The number of halogens is 2. The maximum atomic E-state index is 14.7. The lowest BCUT2D eigenvalue weighted by molar-refractivity contribution is -0.171. The van der Waals surface area contributed by atoms with E-state index in [9.17, 15) is 13.6 Å². The lowest BCUT2D eigenvalue weighted by Crippen LogP contribution is -2.60. The van der Waals surface area contributed by atoms with Crippen LogP contribution in [-0.4, -0.2) is 55.8 Å². The molecule has 4 rings (SSSR count). The van der Waals surface area contributed by atoms with E-state index in [2.05, 4.69) is 9.97 Å². The van der Waals surface area contributed by atoms with E-state index in [1.54, 1.807) is 22.3 Å². The molecule has 2 aromatic heterocycles. The molecule has 1 spiro atoms. The number of nitrogens with zero attached hydrogens (tertiary/aromatic N) is 5. The summed E-state index contributed by atoms with van der Waals surface area (Å²) in [6.45, 7) is 3.25. The number of rotatable bonds is 4. The minimum absolute atomic E-state index is 0.165. The standard InChI is InChI=1S/C21H27F2N5O/c1-16-5-3-6-17(25-16)10-28-8-4-7-20(19(28)29)12-21(22,23)14-27(13-20)11-18-9-24-15-26(18)2/h3,5-6,9,15H,4,7-8,10-14H2,1-2H3. The molecule has 29 heavy (non-hydrogen) atoms. The maximum absolute atomic E-state index is 14.7. The Morgan fingerprint density at radius 2 is 2.03 bits per heavy atom. The number of imidazole rings is 1. The Morgan fingerprint density at radius 1 is 1.21 bits per heavy atom. The van der Waals surface area contributed by atoms with Crippen molar-refractivity contribution in [2.75, 3.05) is 19.6 Å². The summed E-state index contributed by atoms with van der Waals surface area (Å²) < 4.78 is 31.3. The van der Waals surface area contributed by atoms with Crippen molar-refractivity contribution in [2.24, 2.45) is 12.5 Å². The fourth-order valence-electron chi connectivity index (χ4n) is 4.79. The van der Waals surface area contributed by atoms with E-state index in [1.807, 2.05) is 36.7 Å². The number of piperidine rings is 2. The van der Waals surface area contributed by atoms with Crippen LogP contribution >= 0.6 is 0 Å². The zero-order chi connectivity index (χ0) is 20.6. The van der Waals surface area contributed by atoms with Crippen LogP contribution in [0.1, 0.15) is 36.3 Å². The zero-order valence-electron chi connectivity index (χ0n) is 16.9. The van der Waals surface area contributed by atoms with E-state index in [-0.39, 0.29) is 18.9 Å².